The molecule has 1 N–H and O–H groups in total. The van der Waals surface area contributed by atoms with Crippen molar-refractivity contribution in [3.05, 3.63) is 0 Å². The Bertz CT molecular complexity index is 207. The van der Waals surface area contributed by atoms with Gasteiger partial charge in [-0.25, -0.2) is 0 Å². The Labute approximate surface area is 98.3 Å². The van der Waals surface area contributed by atoms with Gasteiger partial charge < -0.3 is 14.8 Å². The predicted molar refractivity (Wildman–Crippen MR) is 63.7 cm³/mol. The minimum absolute atomic E-state index is 0.516. The number of ether oxygens (including phenoxy) is 2. The normalized spacial score (nSPS) is 33.2. The van der Waals surface area contributed by atoms with E-state index in [0.29, 0.717) is 18.1 Å². The topological polar surface area (TPSA) is 33.7 Å². The third-order valence-electron chi connectivity index (χ3n) is 3.99. The molecule has 16 heavy (non-hydrogen) atoms. The van der Waals surface area contributed by atoms with E-state index in [2.05, 4.69) is 24.3 Å². The molecule has 2 heterocycles. The second kappa shape index (κ2) is 5.96. The summed E-state index contributed by atoms with van der Waals surface area (Å²) >= 11 is 0. The van der Waals surface area contributed by atoms with E-state index in [0.717, 1.165) is 45.7 Å². The number of likely N-dealkylation sites (N-methyl/N-ethyl adjacent to an activating group) is 2. The Hall–Kier alpha value is -0.160. The van der Waals surface area contributed by atoms with Crippen LogP contribution >= 0.6 is 0 Å². The molecular formula is C12H24N2O2. The largest absolute Gasteiger partial charge is 0.381 e. The molecule has 2 fully saturated rings. The van der Waals surface area contributed by atoms with Gasteiger partial charge in [-0.05, 0) is 33.4 Å². The molecule has 2 unspecified atom stereocenters. The van der Waals surface area contributed by atoms with Crippen molar-refractivity contribution < 1.29 is 9.47 Å². The van der Waals surface area contributed by atoms with Gasteiger partial charge in [-0.15, -0.1) is 0 Å². The van der Waals surface area contributed by atoms with Gasteiger partial charge in [0, 0.05) is 37.9 Å². The first-order valence-corrected chi connectivity index (χ1v) is 6.37. The molecule has 0 bridgehead atoms. The summed E-state index contributed by atoms with van der Waals surface area (Å²) in [5.74, 6) is 0. The first kappa shape index (κ1) is 12.3. The lowest BCUT2D eigenvalue weighted by Gasteiger charge is -2.42. The van der Waals surface area contributed by atoms with E-state index < -0.39 is 0 Å². The molecule has 0 aromatic heterocycles. The van der Waals surface area contributed by atoms with Crippen LogP contribution in [0.4, 0.5) is 0 Å². The Morgan fingerprint density at radius 3 is 2.44 bits per heavy atom. The predicted octanol–water partition coefficient (Wildman–Crippen LogP) is 0.474. The maximum Gasteiger partial charge on any atom is 0.0637 e. The second-order valence-corrected chi connectivity index (χ2v) is 4.84. The second-order valence-electron chi connectivity index (χ2n) is 4.84. The quantitative estimate of drug-likeness (QED) is 0.761. The average Bonchev–Trinajstić information content (AvgIpc) is 2.39. The highest BCUT2D eigenvalue weighted by molar-refractivity contribution is 4.88. The first-order chi connectivity index (χ1) is 7.83. The molecule has 2 aliphatic heterocycles. The van der Waals surface area contributed by atoms with Gasteiger partial charge in [-0.3, -0.25) is 4.90 Å². The van der Waals surface area contributed by atoms with E-state index in [1.165, 1.54) is 0 Å². The molecule has 0 amide bonds. The fraction of sp³-hybridized carbons (Fsp3) is 1.00. The highest BCUT2D eigenvalue weighted by atomic mass is 16.5. The van der Waals surface area contributed by atoms with Crippen molar-refractivity contribution in [3.8, 4) is 0 Å². The van der Waals surface area contributed by atoms with E-state index in [1.807, 2.05) is 0 Å². The maximum absolute atomic E-state index is 5.61. The Kier molecular flexibility index (Phi) is 4.58. The Morgan fingerprint density at radius 2 is 1.75 bits per heavy atom. The lowest BCUT2D eigenvalue weighted by atomic mass is 9.98. The van der Waals surface area contributed by atoms with Crippen molar-refractivity contribution in [1.82, 2.24) is 10.2 Å². The average molecular weight is 228 g/mol. The minimum Gasteiger partial charge on any atom is -0.381 e. The van der Waals surface area contributed by atoms with Crippen molar-refractivity contribution in [2.75, 3.05) is 40.5 Å². The van der Waals surface area contributed by atoms with Crippen LogP contribution in [0.1, 0.15) is 19.3 Å². The van der Waals surface area contributed by atoms with Crippen molar-refractivity contribution in [2.45, 2.75) is 37.4 Å². The lowest BCUT2D eigenvalue weighted by molar-refractivity contribution is -0.0318. The van der Waals surface area contributed by atoms with Gasteiger partial charge in [0.1, 0.15) is 0 Å². The SMILES string of the molecule is CNC1CCOCC1N(C)C1CCOCC1. The van der Waals surface area contributed by atoms with Crippen LogP contribution in [0.25, 0.3) is 0 Å². The Morgan fingerprint density at radius 1 is 1.06 bits per heavy atom. The summed E-state index contributed by atoms with van der Waals surface area (Å²) in [6, 6.07) is 1.75. The molecule has 4 nitrogen and oxygen atoms in total. The van der Waals surface area contributed by atoms with Crippen molar-refractivity contribution in [1.29, 1.82) is 0 Å². The first-order valence-electron chi connectivity index (χ1n) is 6.37. The molecule has 94 valence electrons. The van der Waals surface area contributed by atoms with Gasteiger partial charge in [0.2, 0.25) is 0 Å². The number of hydrogen-bond acceptors (Lipinski definition) is 4. The van der Waals surface area contributed by atoms with Gasteiger partial charge in [-0.1, -0.05) is 0 Å². The molecule has 0 radical (unpaired) electrons. The third kappa shape index (κ3) is 2.74. The van der Waals surface area contributed by atoms with E-state index in [1.54, 1.807) is 0 Å². The zero-order valence-electron chi connectivity index (χ0n) is 10.4. The highest BCUT2D eigenvalue weighted by Gasteiger charge is 2.32. The van der Waals surface area contributed by atoms with Gasteiger partial charge in [0.25, 0.3) is 0 Å². The van der Waals surface area contributed by atoms with Crippen LogP contribution in [0, 0.1) is 0 Å². The smallest absolute Gasteiger partial charge is 0.0637 e. The van der Waals surface area contributed by atoms with E-state index in [-0.39, 0.29) is 0 Å². The van der Waals surface area contributed by atoms with Gasteiger partial charge >= 0.3 is 0 Å². The van der Waals surface area contributed by atoms with Gasteiger partial charge in [0.05, 0.1) is 6.61 Å². The van der Waals surface area contributed by atoms with Gasteiger partial charge in [-0.2, -0.15) is 0 Å². The summed E-state index contributed by atoms with van der Waals surface area (Å²) in [7, 11) is 4.29. The molecule has 0 aliphatic carbocycles. The van der Waals surface area contributed by atoms with Crippen LogP contribution in [-0.2, 0) is 9.47 Å². The molecule has 0 aromatic rings. The van der Waals surface area contributed by atoms with Gasteiger partial charge in [0.15, 0.2) is 0 Å². The zero-order chi connectivity index (χ0) is 11.4. The number of rotatable bonds is 3. The molecule has 0 aromatic carbocycles. The number of hydrogen-bond donors (Lipinski definition) is 1. The van der Waals surface area contributed by atoms with Crippen LogP contribution in [0.15, 0.2) is 0 Å². The van der Waals surface area contributed by atoms with E-state index in [9.17, 15) is 0 Å². The highest BCUT2D eigenvalue weighted by Crippen LogP contribution is 2.20. The summed E-state index contributed by atoms with van der Waals surface area (Å²) in [6.45, 7) is 3.57. The van der Waals surface area contributed by atoms with Crippen LogP contribution in [0.5, 0.6) is 0 Å². The lowest BCUT2D eigenvalue weighted by Crippen LogP contribution is -2.56. The van der Waals surface area contributed by atoms with Crippen molar-refractivity contribution >= 4 is 0 Å². The minimum atomic E-state index is 0.516. The molecule has 2 rings (SSSR count). The van der Waals surface area contributed by atoms with Crippen molar-refractivity contribution in [2.24, 2.45) is 0 Å². The summed E-state index contributed by atoms with van der Waals surface area (Å²) in [5.41, 5.74) is 0. The fourth-order valence-corrected chi connectivity index (χ4v) is 2.82. The third-order valence-corrected chi connectivity index (χ3v) is 3.99. The molecule has 2 saturated heterocycles. The zero-order valence-corrected chi connectivity index (χ0v) is 10.4. The summed E-state index contributed by atoms with van der Waals surface area (Å²) in [6.07, 6.45) is 3.43. The summed E-state index contributed by atoms with van der Waals surface area (Å²) < 4.78 is 11.0. The van der Waals surface area contributed by atoms with Crippen LogP contribution in [0.3, 0.4) is 0 Å². The molecule has 2 aliphatic rings. The van der Waals surface area contributed by atoms with Crippen LogP contribution < -0.4 is 5.32 Å². The molecule has 4 heteroatoms. The fourth-order valence-electron chi connectivity index (χ4n) is 2.82. The molecule has 0 saturated carbocycles. The molecular weight excluding hydrogens is 204 g/mol. The van der Waals surface area contributed by atoms with Crippen LogP contribution in [0.2, 0.25) is 0 Å². The number of nitrogens with one attached hydrogen (secondary N) is 1. The number of nitrogens with zero attached hydrogens (tertiary/aromatic N) is 1. The van der Waals surface area contributed by atoms with Crippen molar-refractivity contribution in [3.63, 3.8) is 0 Å². The molecule has 2 atom stereocenters. The monoisotopic (exact) mass is 228 g/mol. The molecule has 0 spiro atoms. The summed E-state index contributed by atoms with van der Waals surface area (Å²) in [5, 5.41) is 3.42. The standard InChI is InChI=1S/C12H24N2O2/c1-13-11-5-8-16-9-12(11)14(2)10-3-6-15-7-4-10/h10-13H,3-9H2,1-2H3. The van der Waals surface area contributed by atoms with E-state index in [4.69, 9.17) is 9.47 Å². The van der Waals surface area contributed by atoms with Crippen LogP contribution in [-0.4, -0.2) is 63.5 Å². The maximum atomic E-state index is 5.61. The van der Waals surface area contributed by atoms with E-state index >= 15 is 0 Å². The summed E-state index contributed by atoms with van der Waals surface area (Å²) in [4.78, 5) is 2.50. The Balaban J connectivity index is 1.92.